The average Bonchev–Trinajstić information content (AvgIpc) is 2.06. The highest BCUT2D eigenvalue weighted by atomic mass is 35.5. The van der Waals surface area contributed by atoms with Crippen LogP contribution in [0.3, 0.4) is 0 Å². The molecule has 0 unspecified atom stereocenters. The van der Waals surface area contributed by atoms with Crippen LogP contribution in [0.5, 0.6) is 0 Å². The van der Waals surface area contributed by atoms with E-state index in [-0.39, 0.29) is 12.4 Å². The maximum Gasteiger partial charge on any atom is 0.335 e. The van der Waals surface area contributed by atoms with Crippen LogP contribution in [0.25, 0.3) is 0 Å². The Hall–Kier alpha value is -1.06. The van der Waals surface area contributed by atoms with Crippen LogP contribution in [0.15, 0.2) is 24.3 Å². The second-order valence-electron chi connectivity index (χ2n) is 2.54. The van der Waals surface area contributed by atoms with Gasteiger partial charge in [-0.15, -0.1) is 12.4 Å². The summed E-state index contributed by atoms with van der Waals surface area (Å²) in [7, 11) is 0. The molecule has 0 heterocycles. The first kappa shape index (κ1) is 11.9. The normalized spacial score (nSPS) is 9.00. The molecular formula is C9H12ClNO2. The Kier molecular flexibility index (Phi) is 5.11. The van der Waals surface area contributed by atoms with Gasteiger partial charge in [0.15, 0.2) is 0 Å². The van der Waals surface area contributed by atoms with Gasteiger partial charge in [0.1, 0.15) is 0 Å². The molecule has 72 valence electrons. The molecule has 0 saturated carbocycles. The van der Waals surface area contributed by atoms with Crippen molar-refractivity contribution < 1.29 is 9.90 Å². The van der Waals surface area contributed by atoms with E-state index in [1.165, 1.54) is 0 Å². The van der Waals surface area contributed by atoms with E-state index >= 15 is 0 Å². The first-order valence-corrected chi connectivity index (χ1v) is 3.76. The minimum atomic E-state index is -0.894. The SMILES string of the molecule is Cl.NCCc1ccc(C(=O)O)cc1. The van der Waals surface area contributed by atoms with Crippen molar-refractivity contribution >= 4 is 18.4 Å². The summed E-state index contributed by atoms with van der Waals surface area (Å²) in [6, 6.07) is 6.76. The van der Waals surface area contributed by atoms with Crippen molar-refractivity contribution in [3.63, 3.8) is 0 Å². The summed E-state index contributed by atoms with van der Waals surface area (Å²) < 4.78 is 0. The number of carboxylic acids is 1. The molecule has 0 radical (unpaired) electrons. The molecule has 0 amide bonds. The average molecular weight is 202 g/mol. The molecule has 0 spiro atoms. The molecule has 1 rings (SSSR count). The van der Waals surface area contributed by atoms with E-state index < -0.39 is 5.97 Å². The van der Waals surface area contributed by atoms with E-state index in [1.807, 2.05) is 0 Å². The highest BCUT2D eigenvalue weighted by Crippen LogP contribution is 2.04. The lowest BCUT2D eigenvalue weighted by atomic mass is 10.1. The van der Waals surface area contributed by atoms with E-state index in [4.69, 9.17) is 10.8 Å². The standard InChI is InChI=1S/C9H11NO2.ClH/c10-6-5-7-1-3-8(4-2-7)9(11)12;/h1-4H,5-6,10H2,(H,11,12);1H. The first-order chi connectivity index (χ1) is 5.74. The Morgan fingerprint density at radius 2 is 1.85 bits per heavy atom. The molecule has 0 atom stereocenters. The topological polar surface area (TPSA) is 63.3 Å². The van der Waals surface area contributed by atoms with Gasteiger partial charge in [0, 0.05) is 0 Å². The third kappa shape index (κ3) is 3.44. The van der Waals surface area contributed by atoms with Crippen molar-refractivity contribution in [2.24, 2.45) is 5.73 Å². The van der Waals surface area contributed by atoms with Crippen molar-refractivity contribution in [2.45, 2.75) is 6.42 Å². The Labute approximate surface area is 83.0 Å². The molecule has 0 fully saturated rings. The predicted octanol–water partition coefficient (Wildman–Crippen LogP) is 1.31. The van der Waals surface area contributed by atoms with Crippen LogP contribution in [0.2, 0.25) is 0 Å². The van der Waals surface area contributed by atoms with Crippen LogP contribution < -0.4 is 5.73 Å². The fourth-order valence-electron chi connectivity index (χ4n) is 0.981. The fourth-order valence-corrected chi connectivity index (χ4v) is 0.981. The Morgan fingerprint density at radius 3 is 2.23 bits per heavy atom. The molecule has 1 aromatic carbocycles. The van der Waals surface area contributed by atoms with Crippen LogP contribution in [0, 0.1) is 0 Å². The third-order valence-corrected chi connectivity index (χ3v) is 1.63. The molecule has 0 aliphatic carbocycles. The second-order valence-corrected chi connectivity index (χ2v) is 2.54. The molecule has 3 N–H and O–H groups in total. The molecule has 0 bridgehead atoms. The van der Waals surface area contributed by atoms with Gasteiger partial charge in [0.05, 0.1) is 5.56 Å². The van der Waals surface area contributed by atoms with Gasteiger partial charge in [-0.25, -0.2) is 4.79 Å². The minimum Gasteiger partial charge on any atom is -0.478 e. The first-order valence-electron chi connectivity index (χ1n) is 3.76. The smallest absolute Gasteiger partial charge is 0.335 e. The summed E-state index contributed by atoms with van der Waals surface area (Å²) in [6.45, 7) is 0.590. The van der Waals surface area contributed by atoms with Crippen LogP contribution >= 0.6 is 12.4 Å². The molecule has 13 heavy (non-hydrogen) atoms. The van der Waals surface area contributed by atoms with Crippen LogP contribution in [-0.2, 0) is 6.42 Å². The number of halogens is 1. The highest BCUT2D eigenvalue weighted by Gasteiger charge is 2.00. The number of hydrogen-bond donors (Lipinski definition) is 2. The van der Waals surface area contributed by atoms with Crippen LogP contribution in [0.4, 0.5) is 0 Å². The zero-order chi connectivity index (χ0) is 8.97. The maximum absolute atomic E-state index is 10.4. The van der Waals surface area contributed by atoms with Crippen LogP contribution in [0.1, 0.15) is 15.9 Å². The van der Waals surface area contributed by atoms with Gasteiger partial charge in [-0.1, -0.05) is 12.1 Å². The van der Waals surface area contributed by atoms with Gasteiger partial charge in [-0.2, -0.15) is 0 Å². The molecule has 3 nitrogen and oxygen atoms in total. The monoisotopic (exact) mass is 201 g/mol. The van der Waals surface area contributed by atoms with Crippen molar-refractivity contribution in [1.29, 1.82) is 0 Å². The van der Waals surface area contributed by atoms with E-state index in [0.29, 0.717) is 12.1 Å². The predicted molar refractivity (Wildman–Crippen MR) is 53.4 cm³/mol. The molecule has 0 aliphatic heterocycles. The number of carboxylic acid groups (broad SMARTS) is 1. The van der Waals surface area contributed by atoms with Gasteiger partial charge < -0.3 is 10.8 Å². The maximum atomic E-state index is 10.4. The third-order valence-electron chi connectivity index (χ3n) is 1.63. The summed E-state index contributed by atoms with van der Waals surface area (Å²) in [5.74, 6) is -0.894. The van der Waals surface area contributed by atoms with Gasteiger partial charge in [-0.3, -0.25) is 0 Å². The number of aromatic carboxylic acids is 1. The quantitative estimate of drug-likeness (QED) is 0.775. The van der Waals surface area contributed by atoms with Crippen LogP contribution in [-0.4, -0.2) is 17.6 Å². The fraction of sp³-hybridized carbons (Fsp3) is 0.222. The summed E-state index contributed by atoms with van der Waals surface area (Å²) >= 11 is 0. The summed E-state index contributed by atoms with van der Waals surface area (Å²) in [4.78, 5) is 10.4. The minimum absolute atomic E-state index is 0. The summed E-state index contributed by atoms with van der Waals surface area (Å²) in [5.41, 5.74) is 6.73. The van der Waals surface area contributed by atoms with Crippen molar-refractivity contribution in [3.8, 4) is 0 Å². The highest BCUT2D eigenvalue weighted by molar-refractivity contribution is 5.87. The van der Waals surface area contributed by atoms with E-state index in [0.717, 1.165) is 12.0 Å². The van der Waals surface area contributed by atoms with Crippen molar-refractivity contribution in [2.75, 3.05) is 6.54 Å². The van der Waals surface area contributed by atoms with E-state index in [2.05, 4.69) is 0 Å². The van der Waals surface area contributed by atoms with E-state index in [9.17, 15) is 4.79 Å². The molecule has 0 saturated heterocycles. The number of carbonyl (C=O) groups is 1. The Morgan fingerprint density at radius 1 is 1.31 bits per heavy atom. The summed E-state index contributed by atoms with van der Waals surface area (Å²) in [5, 5.41) is 8.58. The van der Waals surface area contributed by atoms with Gasteiger partial charge >= 0.3 is 5.97 Å². The molecule has 0 aliphatic rings. The Bertz CT molecular complexity index is 271. The molecule has 0 aromatic heterocycles. The molecule has 4 heteroatoms. The lowest BCUT2D eigenvalue weighted by molar-refractivity contribution is 0.0697. The molecular weight excluding hydrogens is 190 g/mol. The zero-order valence-corrected chi connectivity index (χ0v) is 7.88. The second kappa shape index (κ2) is 5.56. The summed E-state index contributed by atoms with van der Waals surface area (Å²) in [6.07, 6.45) is 0.792. The van der Waals surface area contributed by atoms with E-state index in [1.54, 1.807) is 24.3 Å². The van der Waals surface area contributed by atoms with Gasteiger partial charge in [-0.05, 0) is 30.7 Å². The van der Waals surface area contributed by atoms with Crippen molar-refractivity contribution in [3.05, 3.63) is 35.4 Å². The van der Waals surface area contributed by atoms with Crippen molar-refractivity contribution in [1.82, 2.24) is 0 Å². The number of hydrogen-bond acceptors (Lipinski definition) is 2. The zero-order valence-electron chi connectivity index (χ0n) is 7.06. The largest absolute Gasteiger partial charge is 0.478 e. The number of rotatable bonds is 3. The molecule has 1 aromatic rings. The van der Waals surface area contributed by atoms with Gasteiger partial charge in [0.2, 0.25) is 0 Å². The lowest BCUT2D eigenvalue weighted by Gasteiger charge is -1.98. The van der Waals surface area contributed by atoms with Gasteiger partial charge in [0.25, 0.3) is 0 Å². The Balaban J connectivity index is 0.00000144. The lowest BCUT2D eigenvalue weighted by Crippen LogP contribution is -2.03. The number of nitrogens with two attached hydrogens (primary N) is 1. The number of benzene rings is 1.